The minimum absolute atomic E-state index is 0.121. The van der Waals surface area contributed by atoms with Gasteiger partial charge in [-0.15, -0.1) is 5.10 Å². The summed E-state index contributed by atoms with van der Waals surface area (Å²) in [6.07, 6.45) is 1.21. The first kappa shape index (κ1) is 16.1. The van der Waals surface area contributed by atoms with E-state index in [1.807, 2.05) is 37.3 Å². The summed E-state index contributed by atoms with van der Waals surface area (Å²) in [6, 6.07) is 12.6. The average Bonchev–Trinajstić information content (AvgIpc) is 2.78. The molecule has 6 heteroatoms. The quantitative estimate of drug-likeness (QED) is 0.925. The van der Waals surface area contributed by atoms with Crippen molar-refractivity contribution in [1.82, 2.24) is 20.4 Å². The van der Waals surface area contributed by atoms with Gasteiger partial charge < -0.3 is 10.2 Å². The monoisotopic (exact) mass is 324 g/mol. The minimum atomic E-state index is -0.537. The molecule has 1 aromatic heterocycles. The summed E-state index contributed by atoms with van der Waals surface area (Å²) in [6.45, 7) is 2.91. The number of aromatic nitrogens is 2. The fourth-order valence-corrected chi connectivity index (χ4v) is 2.82. The van der Waals surface area contributed by atoms with Gasteiger partial charge in [-0.25, -0.2) is 0 Å². The Labute approximate surface area is 140 Å². The maximum Gasteiger partial charge on any atom is 0.275 e. The summed E-state index contributed by atoms with van der Waals surface area (Å²) in [5, 5.41) is 10.8. The molecule has 1 saturated heterocycles. The van der Waals surface area contributed by atoms with Crippen LogP contribution in [0.5, 0.6) is 0 Å². The number of nitrogens with one attached hydrogen (secondary N) is 1. The van der Waals surface area contributed by atoms with Crippen LogP contribution in [0, 0.1) is 6.92 Å². The smallest absolute Gasteiger partial charge is 0.275 e. The van der Waals surface area contributed by atoms with Gasteiger partial charge in [0, 0.05) is 19.5 Å². The van der Waals surface area contributed by atoms with Crippen LogP contribution in [0.15, 0.2) is 42.5 Å². The van der Waals surface area contributed by atoms with E-state index in [2.05, 4.69) is 15.5 Å². The van der Waals surface area contributed by atoms with Crippen LogP contribution in [0.1, 0.15) is 28.2 Å². The van der Waals surface area contributed by atoms with Gasteiger partial charge in [0.1, 0.15) is 6.04 Å². The lowest BCUT2D eigenvalue weighted by atomic mass is 10.0. The summed E-state index contributed by atoms with van der Waals surface area (Å²) in [5.74, 6) is -0.370. The van der Waals surface area contributed by atoms with Crippen molar-refractivity contribution in [2.24, 2.45) is 0 Å². The number of hydrogen-bond donors (Lipinski definition) is 1. The first-order valence-corrected chi connectivity index (χ1v) is 8.08. The van der Waals surface area contributed by atoms with Gasteiger partial charge in [-0.1, -0.05) is 30.3 Å². The van der Waals surface area contributed by atoms with Crippen LogP contribution in [0.2, 0.25) is 0 Å². The standard InChI is InChI=1S/C18H20N4O2/c1-13-8-9-15(21-20-13)18(24)22-11-5-10-19-17(23)16(22)12-14-6-3-2-4-7-14/h2-4,6-9,16H,5,10-12H2,1H3,(H,19,23). The molecular formula is C18H20N4O2. The van der Waals surface area contributed by atoms with Gasteiger partial charge in [-0.05, 0) is 31.0 Å². The summed E-state index contributed by atoms with van der Waals surface area (Å²) < 4.78 is 0. The van der Waals surface area contributed by atoms with Crippen LogP contribution in [-0.2, 0) is 11.2 Å². The molecule has 2 amide bonds. The first-order valence-electron chi connectivity index (χ1n) is 8.08. The Morgan fingerprint density at radius 2 is 2.00 bits per heavy atom. The Balaban J connectivity index is 1.87. The Morgan fingerprint density at radius 1 is 1.21 bits per heavy atom. The van der Waals surface area contributed by atoms with Crippen molar-refractivity contribution >= 4 is 11.8 Å². The van der Waals surface area contributed by atoms with E-state index in [4.69, 9.17) is 0 Å². The molecule has 0 bridgehead atoms. The molecule has 2 aromatic rings. The van der Waals surface area contributed by atoms with E-state index in [-0.39, 0.29) is 17.5 Å². The van der Waals surface area contributed by atoms with Crippen LogP contribution < -0.4 is 5.32 Å². The molecule has 0 aliphatic carbocycles. The Bertz CT molecular complexity index is 716. The highest BCUT2D eigenvalue weighted by molar-refractivity contribution is 5.96. The molecule has 6 nitrogen and oxygen atoms in total. The number of nitrogens with zero attached hydrogens (tertiary/aromatic N) is 3. The van der Waals surface area contributed by atoms with Crippen LogP contribution in [0.25, 0.3) is 0 Å². The molecule has 2 heterocycles. The molecule has 0 radical (unpaired) electrons. The third-order valence-electron chi connectivity index (χ3n) is 4.10. The lowest BCUT2D eigenvalue weighted by Crippen LogP contribution is -2.48. The predicted octanol–water partition coefficient (Wildman–Crippen LogP) is 1.36. The summed E-state index contributed by atoms with van der Waals surface area (Å²) >= 11 is 0. The molecule has 0 saturated carbocycles. The number of carbonyl (C=O) groups excluding carboxylic acids is 2. The largest absolute Gasteiger partial charge is 0.354 e. The third-order valence-corrected chi connectivity index (χ3v) is 4.10. The molecule has 1 atom stereocenters. The Morgan fingerprint density at radius 3 is 2.71 bits per heavy atom. The van der Waals surface area contributed by atoms with E-state index < -0.39 is 6.04 Å². The molecule has 24 heavy (non-hydrogen) atoms. The number of amides is 2. The SMILES string of the molecule is Cc1ccc(C(=O)N2CCCNC(=O)C2Cc2ccccc2)nn1. The van der Waals surface area contributed by atoms with E-state index >= 15 is 0 Å². The Kier molecular flexibility index (Phi) is 4.84. The first-order chi connectivity index (χ1) is 11.6. The highest BCUT2D eigenvalue weighted by atomic mass is 16.2. The topological polar surface area (TPSA) is 75.2 Å². The second-order valence-electron chi connectivity index (χ2n) is 5.91. The summed E-state index contributed by atoms with van der Waals surface area (Å²) in [7, 11) is 0. The molecule has 1 fully saturated rings. The number of benzene rings is 1. The van der Waals surface area contributed by atoms with E-state index in [0.29, 0.717) is 19.5 Å². The number of aryl methyl sites for hydroxylation is 1. The molecule has 1 aliphatic heterocycles. The molecule has 1 unspecified atom stereocenters. The van der Waals surface area contributed by atoms with Crippen molar-refractivity contribution in [3.8, 4) is 0 Å². The van der Waals surface area contributed by atoms with Gasteiger partial charge in [0.2, 0.25) is 5.91 Å². The van der Waals surface area contributed by atoms with Gasteiger partial charge in [0.25, 0.3) is 5.91 Å². The van der Waals surface area contributed by atoms with Crippen molar-refractivity contribution in [2.75, 3.05) is 13.1 Å². The van der Waals surface area contributed by atoms with Crippen LogP contribution >= 0.6 is 0 Å². The normalized spacial score (nSPS) is 18.0. The highest BCUT2D eigenvalue weighted by Crippen LogP contribution is 2.15. The predicted molar refractivity (Wildman–Crippen MR) is 89.4 cm³/mol. The Hall–Kier alpha value is -2.76. The molecular weight excluding hydrogens is 304 g/mol. The number of hydrogen-bond acceptors (Lipinski definition) is 4. The fraction of sp³-hybridized carbons (Fsp3) is 0.333. The lowest BCUT2D eigenvalue weighted by Gasteiger charge is -2.28. The molecule has 1 aromatic carbocycles. The van der Waals surface area contributed by atoms with Gasteiger partial charge in [0.05, 0.1) is 5.69 Å². The maximum atomic E-state index is 12.9. The van der Waals surface area contributed by atoms with Crippen LogP contribution in [-0.4, -0.2) is 46.0 Å². The molecule has 0 spiro atoms. The minimum Gasteiger partial charge on any atom is -0.354 e. The van der Waals surface area contributed by atoms with Gasteiger partial charge >= 0.3 is 0 Å². The van der Waals surface area contributed by atoms with E-state index in [9.17, 15) is 9.59 Å². The zero-order valence-electron chi connectivity index (χ0n) is 13.6. The second-order valence-corrected chi connectivity index (χ2v) is 5.91. The number of rotatable bonds is 3. The van der Waals surface area contributed by atoms with E-state index in [1.54, 1.807) is 17.0 Å². The summed E-state index contributed by atoms with van der Waals surface area (Å²) in [4.78, 5) is 27.0. The van der Waals surface area contributed by atoms with Crippen LogP contribution in [0.3, 0.4) is 0 Å². The van der Waals surface area contributed by atoms with E-state index in [0.717, 1.165) is 17.7 Å². The van der Waals surface area contributed by atoms with Gasteiger partial charge in [-0.3, -0.25) is 9.59 Å². The van der Waals surface area contributed by atoms with Crippen molar-refractivity contribution in [2.45, 2.75) is 25.8 Å². The maximum absolute atomic E-state index is 12.9. The second kappa shape index (κ2) is 7.21. The zero-order valence-corrected chi connectivity index (χ0v) is 13.6. The molecule has 1 N–H and O–H groups in total. The van der Waals surface area contributed by atoms with Crippen molar-refractivity contribution < 1.29 is 9.59 Å². The molecule has 124 valence electrons. The van der Waals surface area contributed by atoms with Crippen molar-refractivity contribution in [1.29, 1.82) is 0 Å². The zero-order chi connectivity index (χ0) is 16.9. The van der Waals surface area contributed by atoms with Crippen molar-refractivity contribution in [3.05, 3.63) is 59.4 Å². The molecule has 3 rings (SSSR count). The van der Waals surface area contributed by atoms with Crippen LogP contribution in [0.4, 0.5) is 0 Å². The fourth-order valence-electron chi connectivity index (χ4n) is 2.82. The van der Waals surface area contributed by atoms with E-state index in [1.165, 1.54) is 0 Å². The third kappa shape index (κ3) is 3.59. The van der Waals surface area contributed by atoms with Crippen molar-refractivity contribution in [3.63, 3.8) is 0 Å². The highest BCUT2D eigenvalue weighted by Gasteiger charge is 2.32. The average molecular weight is 324 g/mol. The lowest BCUT2D eigenvalue weighted by molar-refractivity contribution is -0.124. The summed E-state index contributed by atoms with van der Waals surface area (Å²) in [5.41, 5.74) is 2.04. The number of carbonyl (C=O) groups is 2. The van der Waals surface area contributed by atoms with Gasteiger partial charge in [0.15, 0.2) is 5.69 Å². The van der Waals surface area contributed by atoms with Gasteiger partial charge in [-0.2, -0.15) is 5.10 Å². The molecule has 1 aliphatic rings.